The molecule has 0 aliphatic rings. The molecule has 2 aromatic rings. The second kappa shape index (κ2) is 8.92. The van der Waals surface area contributed by atoms with Gasteiger partial charge in [0.05, 0.1) is 11.6 Å². The topological polar surface area (TPSA) is 33.5 Å². The van der Waals surface area contributed by atoms with Crippen molar-refractivity contribution in [2.45, 2.75) is 12.7 Å². The zero-order valence-electron chi connectivity index (χ0n) is 12.7. The Bertz CT molecular complexity index is 742. The van der Waals surface area contributed by atoms with Crippen LogP contribution >= 0.6 is 47.2 Å². The predicted molar refractivity (Wildman–Crippen MR) is 104 cm³/mol. The standard InChI is InChI=1S/C16H17Cl2NO2S2/c1-11-2-3-14-13(8-11)15(20)12(9-21-14)10-23-16(22)19(6-4-17)7-5-18/h2-3,8-9H,4-7,10H2,1H3. The molecule has 0 aliphatic carbocycles. The van der Waals surface area contributed by atoms with Crippen molar-refractivity contribution in [2.24, 2.45) is 0 Å². The summed E-state index contributed by atoms with van der Waals surface area (Å²) in [7, 11) is 0. The van der Waals surface area contributed by atoms with Gasteiger partial charge in [-0.2, -0.15) is 0 Å². The number of halogens is 2. The molecule has 0 amide bonds. The summed E-state index contributed by atoms with van der Waals surface area (Å²) in [4.78, 5) is 14.5. The molecule has 0 unspecified atom stereocenters. The summed E-state index contributed by atoms with van der Waals surface area (Å²) < 4.78 is 6.24. The molecular formula is C16H17Cl2NO2S2. The van der Waals surface area contributed by atoms with Gasteiger partial charge in [0.25, 0.3) is 0 Å². The van der Waals surface area contributed by atoms with Crippen molar-refractivity contribution in [3.8, 4) is 0 Å². The van der Waals surface area contributed by atoms with Crippen molar-refractivity contribution in [1.29, 1.82) is 0 Å². The number of hydrogen-bond acceptors (Lipinski definition) is 4. The lowest BCUT2D eigenvalue weighted by Gasteiger charge is -2.22. The molecule has 0 spiro atoms. The second-order valence-electron chi connectivity index (χ2n) is 5.01. The SMILES string of the molecule is Cc1ccc2occ(CSC(=S)N(CCCl)CCCl)c(=O)c2c1. The molecule has 1 aromatic heterocycles. The molecule has 3 nitrogen and oxygen atoms in total. The Balaban J connectivity index is 2.14. The third kappa shape index (κ3) is 4.86. The molecule has 0 radical (unpaired) electrons. The molecule has 0 aliphatic heterocycles. The van der Waals surface area contributed by atoms with E-state index in [1.54, 1.807) is 0 Å². The number of hydrogen-bond donors (Lipinski definition) is 0. The molecule has 0 atom stereocenters. The summed E-state index contributed by atoms with van der Waals surface area (Å²) in [5.74, 6) is 1.43. The van der Waals surface area contributed by atoms with Crippen molar-refractivity contribution < 1.29 is 4.42 Å². The van der Waals surface area contributed by atoms with Gasteiger partial charge >= 0.3 is 0 Å². The van der Waals surface area contributed by atoms with Crippen LogP contribution in [0.3, 0.4) is 0 Å². The van der Waals surface area contributed by atoms with E-state index in [1.165, 1.54) is 18.0 Å². The molecule has 124 valence electrons. The van der Waals surface area contributed by atoms with Gasteiger partial charge in [0, 0.05) is 36.2 Å². The summed E-state index contributed by atoms with van der Waals surface area (Å²) >= 11 is 18.4. The lowest BCUT2D eigenvalue weighted by molar-refractivity contribution is 0.487. The quantitative estimate of drug-likeness (QED) is 0.540. The predicted octanol–water partition coefficient (Wildman–Crippen LogP) is 4.40. The van der Waals surface area contributed by atoms with Gasteiger partial charge in [-0.1, -0.05) is 35.6 Å². The minimum atomic E-state index is -0.00788. The van der Waals surface area contributed by atoms with E-state index in [0.717, 1.165) is 5.56 Å². The molecule has 0 saturated carbocycles. The number of rotatable bonds is 6. The van der Waals surface area contributed by atoms with Crippen molar-refractivity contribution in [3.63, 3.8) is 0 Å². The molecule has 1 heterocycles. The van der Waals surface area contributed by atoms with E-state index in [9.17, 15) is 4.79 Å². The van der Waals surface area contributed by atoms with E-state index in [-0.39, 0.29) is 5.43 Å². The van der Waals surface area contributed by atoms with Gasteiger partial charge in [-0.25, -0.2) is 0 Å². The maximum Gasteiger partial charge on any atom is 0.196 e. The summed E-state index contributed by atoms with van der Waals surface area (Å²) in [6.07, 6.45) is 1.52. The van der Waals surface area contributed by atoms with Gasteiger partial charge < -0.3 is 9.32 Å². The molecule has 23 heavy (non-hydrogen) atoms. The van der Waals surface area contributed by atoms with Crippen LogP contribution in [0, 0.1) is 6.92 Å². The molecule has 0 fully saturated rings. The number of nitrogens with zero attached hydrogens (tertiary/aromatic N) is 1. The highest BCUT2D eigenvalue weighted by atomic mass is 35.5. The number of fused-ring (bicyclic) bond motifs is 1. The molecular weight excluding hydrogens is 373 g/mol. The normalized spacial score (nSPS) is 10.9. The number of thioether (sulfide) groups is 1. The van der Waals surface area contributed by atoms with E-state index in [4.69, 9.17) is 39.8 Å². The first-order chi connectivity index (χ1) is 11.1. The van der Waals surface area contributed by atoms with Crippen molar-refractivity contribution in [3.05, 3.63) is 45.8 Å². The number of thiocarbonyl (C=S) groups is 1. The monoisotopic (exact) mass is 389 g/mol. The average Bonchev–Trinajstić information content (AvgIpc) is 2.54. The Labute approximate surface area is 154 Å². The first-order valence-electron chi connectivity index (χ1n) is 7.11. The van der Waals surface area contributed by atoms with Crippen molar-refractivity contribution in [1.82, 2.24) is 4.90 Å². The minimum Gasteiger partial charge on any atom is -0.464 e. The Hall–Kier alpha value is -0.750. The molecule has 0 N–H and O–H groups in total. The van der Waals surface area contributed by atoms with Gasteiger partial charge in [-0.15, -0.1) is 23.2 Å². The fourth-order valence-electron chi connectivity index (χ4n) is 2.11. The first-order valence-corrected chi connectivity index (χ1v) is 9.57. The van der Waals surface area contributed by atoms with E-state index >= 15 is 0 Å². The summed E-state index contributed by atoms with van der Waals surface area (Å²) in [6.45, 7) is 3.24. The molecule has 0 bridgehead atoms. The lowest BCUT2D eigenvalue weighted by Crippen LogP contribution is -2.31. The molecule has 7 heteroatoms. The fourth-order valence-corrected chi connectivity index (χ4v) is 3.72. The summed E-state index contributed by atoms with van der Waals surface area (Å²) in [5.41, 5.74) is 2.22. The largest absolute Gasteiger partial charge is 0.464 e. The molecule has 2 rings (SSSR count). The Kier molecular flexibility index (Phi) is 7.21. The van der Waals surface area contributed by atoms with Crippen LogP contribution in [0.2, 0.25) is 0 Å². The number of alkyl halides is 2. The van der Waals surface area contributed by atoms with Gasteiger partial charge in [-0.05, 0) is 19.1 Å². The van der Waals surface area contributed by atoms with Crippen LogP contribution < -0.4 is 5.43 Å². The van der Waals surface area contributed by atoms with Crippen molar-refractivity contribution >= 4 is 62.5 Å². The number of benzene rings is 1. The van der Waals surface area contributed by atoms with Crippen LogP contribution in [-0.4, -0.2) is 34.1 Å². The van der Waals surface area contributed by atoms with Gasteiger partial charge in [0.15, 0.2) is 5.43 Å². The first kappa shape index (κ1) is 18.6. The van der Waals surface area contributed by atoms with Crippen LogP contribution in [0.4, 0.5) is 0 Å². The maximum absolute atomic E-state index is 12.5. The zero-order valence-corrected chi connectivity index (χ0v) is 15.8. The Morgan fingerprint density at radius 2 is 2.00 bits per heavy atom. The smallest absolute Gasteiger partial charge is 0.196 e. The van der Waals surface area contributed by atoms with Gasteiger partial charge in [-0.3, -0.25) is 4.79 Å². The third-order valence-corrected chi connectivity index (χ3v) is 5.23. The van der Waals surface area contributed by atoms with Crippen LogP contribution in [0.15, 0.2) is 33.7 Å². The minimum absolute atomic E-state index is 0.00788. The Morgan fingerprint density at radius 1 is 1.30 bits per heavy atom. The highest BCUT2D eigenvalue weighted by molar-refractivity contribution is 8.22. The van der Waals surface area contributed by atoms with Gasteiger partial charge in [0.1, 0.15) is 9.90 Å². The van der Waals surface area contributed by atoms with Crippen molar-refractivity contribution in [2.75, 3.05) is 24.8 Å². The second-order valence-corrected chi connectivity index (χ2v) is 7.37. The average molecular weight is 390 g/mol. The van der Waals surface area contributed by atoms with Crippen LogP contribution in [0.1, 0.15) is 11.1 Å². The third-order valence-electron chi connectivity index (χ3n) is 3.32. The van der Waals surface area contributed by atoms with Crippen LogP contribution in [0.25, 0.3) is 11.0 Å². The molecule has 0 saturated heterocycles. The van der Waals surface area contributed by atoms with E-state index in [2.05, 4.69) is 0 Å². The summed E-state index contributed by atoms with van der Waals surface area (Å²) in [5, 5.41) is 0.604. The highest BCUT2D eigenvalue weighted by Crippen LogP contribution is 2.18. The summed E-state index contributed by atoms with van der Waals surface area (Å²) in [6, 6.07) is 5.59. The van der Waals surface area contributed by atoms with Crippen LogP contribution in [0.5, 0.6) is 0 Å². The number of aryl methyl sites for hydroxylation is 1. The Morgan fingerprint density at radius 3 is 2.65 bits per heavy atom. The van der Waals surface area contributed by atoms with E-state index in [0.29, 0.717) is 51.5 Å². The highest BCUT2D eigenvalue weighted by Gasteiger charge is 2.12. The van der Waals surface area contributed by atoms with E-state index in [1.807, 2.05) is 30.0 Å². The fraction of sp³-hybridized carbons (Fsp3) is 0.375. The molecule has 1 aromatic carbocycles. The zero-order chi connectivity index (χ0) is 16.8. The lowest BCUT2D eigenvalue weighted by atomic mass is 10.1. The van der Waals surface area contributed by atoms with Gasteiger partial charge in [0.2, 0.25) is 0 Å². The van der Waals surface area contributed by atoms with E-state index < -0.39 is 0 Å². The maximum atomic E-state index is 12.5. The van der Waals surface area contributed by atoms with Crippen LogP contribution in [-0.2, 0) is 5.75 Å².